The number of halogens is 2. The van der Waals surface area contributed by atoms with Gasteiger partial charge in [-0.25, -0.2) is 9.78 Å². The van der Waals surface area contributed by atoms with Crippen LogP contribution in [-0.2, 0) is 4.74 Å². The highest BCUT2D eigenvalue weighted by Crippen LogP contribution is 2.31. The van der Waals surface area contributed by atoms with E-state index in [1.165, 1.54) is 0 Å². The van der Waals surface area contributed by atoms with Crippen molar-refractivity contribution in [3.8, 4) is 0 Å². The highest BCUT2D eigenvalue weighted by molar-refractivity contribution is 9.10. The summed E-state index contributed by atoms with van der Waals surface area (Å²) in [7, 11) is 0. The van der Waals surface area contributed by atoms with Gasteiger partial charge in [-0.2, -0.15) is 4.98 Å². The van der Waals surface area contributed by atoms with E-state index >= 15 is 0 Å². The zero-order valence-corrected chi connectivity index (χ0v) is 15.9. The molecule has 2 N–H and O–H groups in total. The molecule has 1 aromatic rings. The Kier molecular flexibility index (Phi) is 5.73. The lowest BCUT2D eigenvalue weighted by Crippen LogP contribution is -2.52. The van der Waals surface area contributed by atoms with Crippen molar-refractivity contribution in [2.45, 2.75) is 57.6 Å². The molecule has 0 spiro atoms. The van der Waals surface area contributed by atoms with Gasteiger partial charge in [-0.3, -0.25) is 0 Å². The number of carbonyl (C=O) groups excluding carboxylic acids is 1. The van der Waals surface area contributed by atoms with Crippen LogP contribution >= 0.6 is 27.5 Å². The molecule has 1 aliphatic rings. The van der Waals surface area contributed by atoms with Crippen molar-refractivity contribution in [2.24, 2.45) is 0 Å². The summed E-state index contributed by atoms with van der Waals surface area (Å²) in [4.78, 5) is 20.2. The van der Waals surface area contributed by atoms with E-state index in [1.54, 1.807) is 6.20 Å². The van der Waals surface area contributed by atoms with Gasteiger partial charge in [0, 0.05) is 12.7 Å². The molecule has 128 valence electrons. The molecular formula is C15H22BrClN4O2. The third kappa shape index (κ3) is 5.49. The first-order valence-corrected chi connectivity index (χ1v) is 8.79. The molecule has 1 aromatic heterocycles. The lowest BCUT2D eigenvalue weighted by Gasteiger charge is -2.32. The quantitative estimate of drug-likeness (QED) is 0.736. The molecule has 1 saturated carbocycles. The van der Waals surface area contributed by atoms with E-state index in [9.17, 15) is 4.79 Å². The average Bonchev–Trinajstić information content (AvgIpc) is 2.86. The number of carbonyl (C=O) groups is 1. The highest BCUT2D eigenvalue weighted by Gasteiger charge is 2.36. The Balaban J connectivity index is 2.03. The Labute approximate surface area is 149 Å². The number of nitrogens with one attached hydrogen (secondary N) is 2. The maximum absolute atomic E-state index is 12.1. The normalized spacial score (nSPS) is 16.9. The number of ether oxygens (including phenoxy) is 1. The number of alkyl carbamates (subject to hydrolysis) is 1. The molecule has 1 heterocycles. The summed E-state index contributed by atoms with van der Waals surface area (Å²) in [5.41, 5.74) is -0.848. The lowest BCUT2D eigenvalue weighted by molar-refractivity contribution is 0.0463. The van der Waals surface area contributed by atoms with Crippen molar-refractivity contribution in [1.82, 2.24) is 15.3 Å². The van der Waals surface area contributed by atoms with Crippen LogP contribution in [0.15, 0.2) is 10.7 Å². The SMILES string of the molecule is CC(C)(C)OC(=O)NC1(CNc2nc(Cl)ncc2Br)CCCC1. The minimum atomic E-state index is -0.513. The van der Waals surface area contributed by atoms with E-state index in [0.29, 0.717) is 12.4 Å². The molecule has 0 atom stereocenters. The second-order valence-corrected chi connectivity index (χ2v) is 8.00. The molecule has 0 bridgehead atoms. The zero-order valence-electron chi connectivity index (χ0n) is 13.6. The molecule has 8 heteroatoms. The zero-order chi connectivity index (χ0) is 17.1. The fourth-order valence-corrected chi connectivity index (χ4v) is 3.10. The Bertz CT molecular complexity index is 571. The van der Waals surface area contributed by atoms with Gasteiger partial charge in [0.2, 0.25) is 5.28 Å². The molecule has 1 amide bonds. The van der Waals surface area contributed by atoms with Crippen molar-refractivity contribution >= 4 is 39.4 Å². The van der Waals surface area contributed by atoms with Crippen LogP contribution in [0.2, 0.25) is 5.28 Å². The van der Waals surface area contributed by atoms with Crippen LogP contribution < -0.4 is 10.6 Å². The van der Waals surface area contributed by atoms with Gasteiger partial charge in [0.25, 0.3) is 0 Å². The van der Waals surface area contributed by atoms with Crippen LogP contribution in [0.25, 0.3) is 0 Å². The number of anilines is 1. The van der Waals surface area contributed by atoms with Crippen molar-refractivity contribution < 1.29 is 9.53 Å². The van der Waals surface area contributed by atoms with Crippen LogP contribution in [-0.4, -0.2) is 33.7 Å². The van der Waals surface area contributed by atoms with Gasteiger partial charge in [-0.15, -0.1) is 0 Å². The molecule has 1 fully saturated rings. The van der Waals surface area contributed by atoms with Crippen LogP contribution in [0.4, 0.5) is 10.6 Å². The summed E-state index contributed by atoms with van der Waals surface area (Å²) in [5.74, 6) is 0.613. The number of hydrogen-bond acceptors (Lipinski definition) is 5. The van der Waals surface area contributed by atoms with Crippen LogP contribution in [0.3, 0.4) is 0 Å². The molecule has 1 aliphatic carbocycles. The summed E-state index contributed by atoms with van der Waals surface area (Å²) in [6.45, 7) is 6.11. The molecule has 2 rings (SSSR count). The topological polar surface area (TPSA) is 76.1 Å². The van der Waals surface area contributed by atoms with Crippen LogP contribution in [0.1, 0.15) is 46.5 Å². The van der Waals surface area contributed by atoms with Gasteiger partial charge < -0.3 is 15.4 Å². The molecule has 0 saturated heterocycles. The van der Waals surface area contributed by atoms with Gasteiger partial charge in [0.05, 0.1) is 10.0 Å². The van der Waals surface area contributed by atoms with E-state index in [-0.39, 0.29) is 16.9 Å². The monoisotopic (exact) mass is 404 g/mol. The van der Waals surface area contributed by atoms with E-state index in [4.69, 9.17) is 16.3 Å². The molecular weight excluding hydrogens is 384 g/mol. The largest absolute Gasteiger partial charge is 0.444 e. The summed E-state index contributed by atoms with van der Waals surface area (Å²) in [6.07, 6.45) is 5.15. The predicted molar refractivity (Wildman–Crippen MR) is 93.8 cm³/mol. The second kappa shape index (κ2) is 7.21. The second-order valence-electron chi connectivity index (χ2n) is 6.80. The van der Waals surface area contributed by atoms with Crippen molar-refractivity contribution in [2.75, 3.05) is 11.9 Å². The first-order chi connectivity index (χ1) is 10.7. The standard InChI is InChI=1S/C15H22BrClN4O2/c1-14(2,3)23-13(22)21-15(6-4-5-7-15)9-19-11-10(16)8-18-12(17)20-11/h8H,4-7,9H2,1-3H3,(H,21,22)(H,18,19,20). The Morgan fingerprint density at radius 1 is 1.43 bits per heavy atom. The maximum Gasteiger partial charge on any atom is 0.408 e. The molecule has 0 aromatic carbocycles. The fraction of sp³-hybridized carbons (Fsp3) is 0.667. The van der Waals surface area contributed by atoms with Crippen LogP contribution in [0, 0.1) is 0 Å². The van der Waals surface area contributed by atoms with Gasteiger partial charge in [-0.1, -0.05) is 12.8 Å². The number of nitrogens with zero attached hydrogens (tertiary/aromatic N) is 2. The van der Waals surface area contributed by atoms with Gasteiger partial charge in [-0.05, 0) is 61.1 Å². The molecule has 0 unspecified atom stereocenters. The molecule has 0 radical (unpaired) electrons. The summed E-state index contributed by atoms with van der Waals surface area (Å²) >= 11 is 9.22. The lowest BCUT2D eigenvalue weighted by atomic mass is 9.98. The molecule has 0 aliphatic heterocycles. The first kappa shape index (κ1) is 18.3. The Hall–Kier alpha value is -1.08. The smallest absolute Gasteiger partial charge is 0.408 e. The van der Waals surface area contributed by atoms with E-state index in [0.717, 1.165) is 30.2 Å². The van der Waals surface area contributed by atoms with Crippen LogP contribution in [0.5, 0.6) is 0 Å². The summed E-state index contributed by atoms with van der Waals surface area (Å²) < 4.78 is 6.11. The van der Waals surface area contributed by atoms with E-state index in [1.807, 2.05) is 20.8 Å². The summed E-state index contributed by atoms with van der Waals surface area (Å²) in [6, 6.07) is 0. The predicted octanol–water partition coefficient (Wildman–Crippen LogP) is 4.14. The molecule has 23 heavy (non-hydrogen) atoms. The summed E-state index contributed by atoms with van der Waals surface area (Å²) in [5, 5.41) is 6.47. The third-order valence-corrected chi connectivity index (χ3v) is 4.40. The average molecular weight is 406 g/mol. The van der Waals surface area contributed by atoms with Crippen molar-refractivity contribution in [3.05, 3.63) is 16.0 Å². The molecule has 6 nitrogen and oxygen atoms in total. The Morgan fingerprint density at radius 3 is 2.70 bits per heavy atom. The van der Waals surface area contributed by atoms with E-state index in [2.05, 4.69) is 36.5 Å². The minimum Gasteiger partial charge on any atom is -0.444 e. The first-order valence-electron chi connectivity index (χ1n) is 7.62. The van der Waals surface area contributed by atoms with Gasteiger partial charge >= 0.3 is 6.09 Å². The van der Waals surface area contributed by atoms with Gasteiger partial charge in [0.1, 0.15) is 11.4 Å². The Morgan fingerprint density at radius 2 is 2.09 bits per heavy atom. The van der Waals surface area contributed by atoms with Crippen molar-refractivity contribution in [3.63, 3.8) is 0 Å². The van der Waals surface area contributed by atoms with Gasteiger partial charge in [0.15, 0.2) is 0 Å². The van der Waals surface area contributed by atoms with Crippen molar-refractivity contribution in [1.29, 1.82) is 0 Å². The fourth-order valence-electron chi connectivity index (χ4n) is 2.64. The number of amides is 1. The van der Waals surface area contributed by atoms with E-state index < -0.39 is 5.60 Å². The minimum absolute atomic E-state index is 0.177. The number of rotatable bonds is 4. The number of aromatic nitrogens is 2. The number of hydrogen-bond donors (Lipinski definition) is 2. The third-order valence-electron chi connectivity index (χ3n) is 3.64. The highest BCUT2D eigenvalue weighted by atomic mass is 79.9. The maximum atomic E-state index is 12.1.